The van der Waals surface area contributed by atoms with E-state index >= 15 is 0 Å². The highest BCUT2D eigenvalue weighted by Crippen LogP contribution is 2.37. The third-order valence-electron chi connectivity index (χ3n) is 4.55. The number of halogens is 2. The maximum atomic E-state index is 14.3. The van der Waals surface area contributed by atoms with Crippen LogP contribution in [-0.4, -0.2) is 33.0 Å². The van der Waals surface area contributed by atoms with Crippen LogP contribution >= 0.6 is 0 Å². The summed E-state index contributed by atoms with van der Waals surface area (Å²) in [4.78, 5) is 5.18. The first-order valence-corrected chi connectivity index (χ1v) is 10.3. The van der Waals surface area contributed by atoms with Crippen LogP contribution in [-0.2, 0) is 4.94 Å². The van der Waals surface area contributed by atoms with Crippen LogP contribution in [0.5, 0.6) is 17.2 Å². The van der Waals surface area contributed by atoms with Crippen molar-refractivity contribution in [1.29, 1.82) is 0 Å². The Bertz CT molecular complexity index is 1280. The molecule has 0 radical (unpaired) electrons. The Kier molecular flexibility index (Phi) is 6.61. The Hall–Kier alpha value is -3.83. The first-order valence-electron chi connectivity index (χ1n) is 10.3. The molecule has 0 saturated carbocycles. The predicted molar refractivity (Wildman–Crippen MR) is 117 cm³/mol. The van der Waals surface area contributed by atoms with E-state index in [9.17, 15) is 8.78 Å². The van der Waals surface area contributed by atoms with Crippen LogP contribution in [0, 0.1) is 18.6 Å². The highest BCUT2D eigenvalue weighted by atomic mass is 19.1. The number of hydrogen-bond donors (Lipinski definition) is 2. The number of fused-ring (bicyclic) bond motifs is 1. The topological polar surface area (TPSA) is 94.8 Å². The van der Waals surface area contributed by atoms with Crippen molar-refractivity contribution in [3.63, 3.8) is 0 Å². The molecule has 172 valence electrons. The van der Waals surface area contributed by atoms with Gasteiger partial charge in [-0.1, -0.05) is 6.92 Å². The number of aryl methyl sites for hydroxylation is 1. The average molecular weight is 456 g/mol. The molecule has 33 heavy (non-hydrogen) atoms. The predicted octanol–water partition coefficient (Wildman–Crippen LogP) is 4.44. The number of benzene rings is 2. The lowest BCUT2D eigenvalue weighted by Crippen LogP contribution is -2.17. The minimum absolute atomic E-state index is 0.131. The maximum absolute atomic E-state index is 14.3. The number of nitrogens with one attached hydrogen (secondary N) is 2. The number of hydroxylamine groups is 1. The molecule has 0 spiro atoms. The fourth-order valence-corrected chi connectivity index (χ4v) is 3.08. The molecule has 2 N–H and O–H groups in total. The van der Waals surface area contributed by atoms with Gasteiger partial charge in [-0.3, -0.25) is 0 Å². The Morgan fingerprint density at radius 2 is 1.79 bits per heavy atom. The third kappa shape index (κ3) is 4.83. The van der Waals surface area contributed by atoms with Crippen LogP contribution in [0.2, 0.25) is 0 Å². The van der Waals surface area contributed by atoms with Crippen molar-refractivity contribution >= 4 is 11.3 Å². The lowest BCUT2D eigenvalue weighted by atomic mass is 10.1. The molecule has 0 fully saturated rings. The van der Waals surface area contributed by atoms with Crippen LogP contribution in [0.25, 0.3) is 16.9 Å². The van der Waals surface area contributed by atoms with Crippen molar-refractivity contribution < 1.29 is 23.2 Å². The summed E-state index contributed by atoms with van der Waals surface area (Å²) >= 11 is 0. The van der Waals surface area contributed by atoms with Gasteiger partial charge in [0, 0.05) is 24.2 Å². The summed E-state index contributed by atoms with van der Waals surface area (Å²) in [7, 11) is 0. The van der Waals surface area contributed by atoms with Gasteiger partial charge in [0.05, 0.1) is 18.0 Å². The smallest absolute Gasteiger partial charge is 0.220 e. The van der Waals surface area contributed by atoms with Crippen LogP contribution in [0.15, 0.2) is 42.5 Å². The molecule has 0 aliphatic carbocycles. The molecule has 2 aromatic heterocycles. The minimum Gasteiger partial charge on any atom is -0.490 e. The Morgan fingerprint density at radius 3 is 2.55 bits per heavy atom. The molecule has 11 heteroatoms. The molecule has 0 aliphatic rings. The van der Waals surface area contributed by atoms with Gasteiger partial charge in [-0.25, -0.2) is 14.3 Å². The lowest BCUT2D eigenvalue weighted by molar-refractivity contribution is 0.0930. The first kappa shape index (κ1) is 22.4. The summed E-state index contributed by atoms with van der Waals surface area (Å²) in [6.45, 7) is 6.51. The first-order chi connectivity index (χ1) is 16.0. The molecule has 0 aliphatic heterocycles. The molecule has 0 saturated heterocycles. The normalized spacial score (nSPS) is 11.1. The quantitative estimate of drug-likeness (QED) is 0.282. The molecule has 4 aromatic rings. The summed E-state index contributed by atoms with van der Waals surface area (Å²) in [5, 5.41) is 12.8. The van der Waals surface area contributed by atoms with Gasteiger partial charge in [-0.2, -0.15) is 20.0 Å². The summed E-state index contributed by atoms with van der Waals surface area (Å²) in [6.07, 6.45) is 0. The Morgan fingerprint density at radius 1 is 0.970 bits per heavy atom. The van der Waals surface area contributed by atoms with Crippen molar-refractivity contribution in [3.8, 4) is 28.5 Å². The molecule has 0 unspecified atom stereocenters. The standard InChI is InChI=1S/C22H22F2N6O3/c1-4-25-33-29-15-7-9-19(32-20-8-6-14(23)10-17(20)24)16(11-15)18-12-21(31-5-2)22-27-26-13(3)30(22)28-18/h6-12,25,29H,4-5H2,1-3H3. The summed E-state index contributed by atoms with van der Waals surface area (Å²) < 4.78 is 40.7. The van der Waals surface area contributed by atoms with Crippen molar-refractivity contribution in [2.75, 3.05) is 18.6 Å². The van der Waals surface area contributed by atoms with E-state index in [0.29, 0.717) is 47.3 Å². The van der Waals surface area contributed by atoms with E-state index in [2.05, 4.69) is 26.3 Å². The maximum Gasteiger partial charge on any atom is 0.220 e. The molecular formula is C22H22F2N6O3. The Balaban J connectivity index is 1.83. The van der Waals surface area contributed by atoms with Crippen molar-refractivity contribution in [1.82, 2.24) is 25.3 Å². The number of aromatic nitrogens is 4. The van der Waals surface area contributed by atoms with Crippen LogP contribution in [0.4, 0.5) is 14.5 Å². The molecule has 9 nitrogen and oxygen atoms in total. The number of rotatable bonds is 9. The monoisotopic (exact) mass is 456 g/mol. The number of anilines is 1. The third-order valence-corrected chi connectivity index (χ3v) is 4.55. The SMILES string of the molecule is CCNONc1ccc(Oc2ccc(F)cc2F)c(-c2cc(OCC)c3nnc(C)n3n2)c1. The van der Waals surface area contributed by atoms with Crippen molar-refractivity contribution in [2.45, 2.75) is 20.8 Å². The van der Waals surface area contributed by atoms with Crippen molar-refractivity contribution in [3.05, 3.63) is 59.9 Å². The van der Waals surface area contributed by atoms with Gasteiger partial charge in [-0.05, 0) is 44.2 Å². The van der Waals surface area contributed by atoms with E-state index in [0.717, 1.165) is 12.1 Å². The second kappa shape index (κ2) is 9.76. The van der Waals surface area contributed by atoms with Crippen molar-refractivity contribution in [2.24, 2.45) is 0 Å². The van der Waals surface area contributed by atoms with Crippen LogP contribution in [0.3, 0.4) is 0 Å². The average Bonchev–Trinajstić information content (AvgIpc) is 3.18. The highest BCUT2D eigenvalue weighted by molar-refractivity contribution is 5.74. The zero-order chi connectivity index (χ0) is 23.4. The number of nitrogens with zero attached hydrogens (tertiary/aromatic N) is 4. The van der Waals surface area contributed by atoms with E-state index in [1.807, 2.05) is 13.8 Å². The minimum atomic E-state index is -0.827. The summed E-state index contributed by atoms with van der Waals surface area (Å²) in [6, 6.07) is 9.83. The van der Waals surface area contributed by atoms with Gasteiger partial charge in [-0.15, -0.1) is 10.2 Å². The summed E-state index contributed by atoms with van der Waals surface area (Å²) in [5.41, 5.74) is 7.47. The second-order valence-electron chi connectivity index (χ2n) is 6.90. The van der Waals surface area contributed by atoms with Gasteiger partial charge >= 0.3 is 0 Å². The molecule has 2 heterocycles. The molecule has 0 bridgehead atoms. The highest BCUT2D eigenvalue weighted by Gasteiger charge is 2.18. The van der Waals surface area contributed by atoms with E-state index in [1.54, 1.807) is 35.7 Å². The molecule has 0 atom stereocenters. The fourth-order valence-electron chi connectivity index (χ4n) is 3.08. The zero-order valence-electron chi connectivity index (χ0n) is 18.2. The zero-order valence-corrected chi connectivity index (χ0v) is 18.2. The van der Waals surface area contributed by atoms with E-state index < -0.39 is 11.6 Å². The fraction of sp³-hybridized carbons (Fsp3) is 0.227. The summed E-state index contributed by atoms with van der Waals surface area (Å²) in [5.74, 6) is -0.333. The van der Waals surface area contributed by atoms with E-state index in [4.69, 9.17) is 14.4 Å². The molecule has 4 rings (SSSR count). The van der Waals surface area contributed by atoms with Crippen LogP contribution < -0.4 is 20.4 Å². The molecule has 2 aromatic carbocycles. The van der Waals surface area contributed by atoms with Gasteiger partial charge in [0.2, 0.25) is 5.65 Å². The lowest BCUT2D eigenvalue weighted by Gasteiger charge is -2.15. The number of ether oxygens (including phenoxy) is 2. The Labute approximate surface area is 188 Å². The van der Waals surface area contributed by atoms with E-state index in [-0.39, 0.29) is 11.5 Å². The van der Waals surface area contributed by atoms with Crippen LogP contribution in [0.1, 0.15) is 19.7 Å². The van der Waals surface area contributed by atoms with Gasteiger partial charge in [0.15, 0.2) is 23.1 Å². The number of hydrogen-bond acceptors (Lipinski definition) is 8. The molecule has 0 amide bonds. The second-order valence-corrected chi connectivity index (χ2v) is 6.90. The van der Waals surface area contributed by atoms with Gasteiger partial charge < -0.3 is 9.47 Å². The molecular weight excluding hydrogens is 434 g/mol. The largest absolute Gasteiger partial charge is 0.490 e. The van der Waals surface area contributed by atoms with Gasteiger partial charge in [0.25, 0.3) is 0 Å². The van der Waals surface area contributed by atoms with Gasteiger partial charge in [0.1, 0.15) is 11.6 Å². The van der Waals surface area contributed by atoms with E-state index in [1.165, 1.54) is 6.07 Å².